The molecule has 88 valence electrons. The van der Waals surface area contributed by atoms with Crippen LogP contribution in [0.15, 0.2) is 30.5 Å². The van der Waals surface area contributed by atoms with Crippen LogP contribution in [0.4, 0.5) is 5.69 Å². The highest BCUT2D eigenvalue weighted by Crippen LogP contribution is 2.33. The predicted molar refractivity (Wildman–Crippen MR) is 69.9 cm³/mol. The summed E-state index contributed by atoms with van der Waals surface area (Å²) in [6, 6.07) is 7.05. The van der Waals surface area contributed by atoms with Gasteiger partial charge in [-0.2, -0.15) is 0 Å². The molecule has 0 aliphatic rings. The fraction of sp³-hybridized carbons (Fsp3) is 0.0833. The van der Waals surface area contributed by atoms with Crippen molar-refractivity contribution < 1.29 is 4.74 Å². The molecule has 2 rings (SSSR count). The van der Waals surface area contributed by atoms with Gasteiger partial charge in [-0.05, 0) is 30.7 Å². The number of hydrogen-bond acceptors (Lipinski definition) is 3. The van der Waals surface area contributed by atoms with Crippen LogP contribution in [-0.2, 0) is 0 Å². The van der Waals surface area contributed by atoms with Gasteiger partial charge in [-0.15, -0.1) is 0 Å². The lowest BCUT2D eigenvalue weighted by Crippen LogP contribution is -1.92. The molecule has 0 spiro atoms. The summed E-state index contributed by atoms with van der Waals surface area (Å²) in [7, 11) is 0. The van der Waals surface area contributed by atoms with Gasteiger partial charge in [0.1, 0.15) is 10.8 Å². The number of ether oxygens (including phenoxy) is 1. The predicted octanol–water partition coefficient (Wildman–Crippen LogP) is 4.07. The normalized spacial score (nSPS) is 10.3. The highest BCUT2D eigenvalue weighted by atomic mass is 35.5. The van der Waals surface area contributed by atoms with Gasteiger partial charge in [0.2, 0.25) is 5.88 Å². The molecule has 3 nitrogen and oxygen atoms in total. The third-order valence-corrected chi connectivity index (χ3v) is 2.69. The Kier molecular flexibility index (Phi) is 3.41. The summed E-state index contributed by atoms with van der Waals surface area (Å²) in [5.74, 6) is 0.794. The zero-order valence-corrected chi connectivity index (χ0v) is 10.6. The van der Waals surface area contributed by atoms with Crippen molar-refractivity contribution in [2.45, 2.75) is 6.92 Å². The van der Waals surface area contributed by atoms with E-state index in [9.17, 15) is 0 Å². The van der Waals surface area contributed by atoms with E-state index in [4.69, 9.17) is 33.7 Å². The Morgan fingerprint density at radius 1 is 1.18 bits per heavy atom. The molecule has 0 atom stereocenters. The van der Waals surface area contributed by atoms with Crippen molar-refractivity contribution in [3.8, 4) is 11.6 Å². The Morgan fingerprint density at radius 2 is 1.94 bits per heavy atom. The maximum Gasteiger partial charge on any atom is 0.238 e. The van der Waals surface area contributed by atoms with E-state index in [2.05, 4.69) is 4.98 Å². The van der Waals surface area contributed by atoms with Crippen LogP contribution in [0.3, 0.4) is 0 Å². The molecule has 0 radical (unpaired) electrons. The molecule has 0 saturated heterocycles. The Morgan fingerprint density at radius 3 is 2.59 bits per heavy atom. The van der Waals surface area contributed by atoms with Crippen molar-refractivity contribution in [2.24, 2.45) is 0 Å². The summed E-state index contributed by atoms with van der Waals surface area (Å²) in [6.45, 7) is 1.95. The molecule has 0 amide bonds. The van der Waals surface area contributed by atoms with E-state index in [1.165, 1.54) is 6.20 Å². The van der Waals surface area contributed by atoms with Crippen molar-refractivity contribution >= 4 is 28.9 Å². The molecule has 0 unspecified atom stereocenters. The van der Waals surface area contributed by atoms with Crippen LogP contribution < -0.4 is 10.5 Å². The molecular weight excluding hydrogens is 259 g/mol. The van der Waals surface area contributed by atoms with Crippen molar-refractivity contribution in [2.75, 3.05) is 5.73 Å². The molecule has 1 aromatic carbocycles. The summed E-state index contributed by atoms with van der Waals surface area (Å²) in [6.07, 6.45) is 1.48. The van der Waals surface area contributed by atoms with Gasteiger partial charge >= 0.3 is 0 Å². The van der Waals surface area contributed by atoms with Crippen LogP contribution in [0, 0.1) is 6.92 Å². The number of hydrogen-bond donors (Lipinski definition) is 1. The van der Waals surface area contributed by atoms with Gasteiger partial charge in [0, 0.05) is 0 Å². The van der Waals surface area contributed by atoms with Crippen molar-refractivity contribution in [3.63, 3.8) is 0 Å². The largest absolute Gasteiger partial charge is 0.436 e. The molecule has 0 bridgehead atoms. The number of halogens is 2. The fourth-order valence-corrected chi connectivity index (χ4v) is 1.80. The van der Waals surface area contributed by atoms with Crippen molar-refractivity contribution in [1.82, 2.24) is 4.98 Å². The highest BCUT2D eigenvalue weighted by Gasteiger charge is 2.08. The number of benzene rings is 1. The Labute approximate surface area is 109 Å². The van der Waals surface area contributed by atoms with Crippen LogP contribution >= 0.6 is 23.2 Å². The number of anilines is 1. The maximum atomic E-state index is 6.04. The average Bonchev–Trinajstić information content (AvgIpc) is 2.25. The SMILES string of the molecule is Cc1ccc(Oc2ncc(N)cc2Cl)c(Cl)c1. The third-order valence-electron chi connectivity index (χ3n) is 2.12. The Balaban J connectivity index is 2.31. The highest BCUT2D eigenvalue weighted by molar-refractivity contribution is 6.32. The van der Waals surface area contributed by atoms with Crippen LogP contribution in [0.2, 0.25) is 10.0 Å². The van der Waals surface area contributed by atoms with Crippen LogP contribution in [0.1, 0.15) is 5.56 Å². The lowest BCUT2D eigenvalue weighted by Gasteiger charge is -2.08. The van der Waals surface area contributed by atoms with Gasteiger partial charge in [-0.25, -0.2) is 4.98 Å². The molecule has 0 fully saturated rings. The molecule has 2 N–H and O–H groups in total. The van der Waals surface area contributed by atoms with E-state index < -0.39 is 0 Å². The number of nitrogens with zero attached hydrogens (tertiary/aromatic N) is 1. The molecule has 1 heterocycles. The molecule has 17 heavy (non-hydrogen) atoms. The second kappa shape index (κ2) is 4.82. The van der Waals surface area contributed by atoms with E-state index in [-0.39, 0.29) is 5.88 Å². The van der Waals surface area contributed by atoms with E-state index in [1.807, 2.05) is 19.1 Å². The fourth-order valence-electron chi connectivity index (χ4n) is 1.31. The quantitative estimate of drug-likeness (QED) is 0.893. The van der Waals surface area contributed by atoms with Crippen molar-refractivity contribution in [1.29, 1.82) is 0 Å². The first-order valence-electron chi connectivity index (χ1n) is 4.91. The number of pyridine rings is 1. The number of aromatic nitrogens is 1. The van der Waals surface area contributed by atoms with E-state index in [0.717, 1.165) is 5.56 Å². The number of aryl methyl sites for hydroxylation is 1. The van der Waals surface area contributed by atoms with Gasteiger partial charge in [-0.1, -0.05) is 29.3 Å². The zero-order chi connectivity index (χ0) is 12.4. The van der Waals surface area contributed by atoms with Gasteiger partial charge in [0.25, 0.3) is 0 Å². The van der Waals surface area contributed by atoms with Crippen LogP contribution in [0.25, 0.3) is 0 Å². The summed E-state index contributed by atoms with van der Waals surface area (Å²) in [5.41, 5.74) is 7.08. The lowest BCUT2D eigenvalue weighted by molar-refractivity contribution is 0.463. The zero-order valence-electron chi connectivity index (χ0n) is 9.08. The summed E-state index contributed by atoms with van der Waals surface area (Å²) < 4.78 is 5.52. The molecule has 1 aromatic heterocycles. The minimum atomic E-state index is 0.284. The lowest BCUT2D eigenvalue weighted by atomic mass is 10.2. The number of nitrogens with two attached hydrogens (primary N) is 1. The number of rotatable bonds is 2. The maximum absolute atomic E-state index is 6.04. The third kappa shape index (κ3) is 2.81. The number of nitrogen functional groups attached to an aromatic ring is 1. The van der Waals surface area contributed by atoms with E-state index >= 15 is 0 Å². The van der Waals surface area contributed by atoms with Crippen LogP contribution in [0.5, 0.6) is 11.6 Å². The van der Waals surface area contributed by atoms with Crippen molar-refractivity contribution in [3.05, 3.63) is 46.1 Å². The first-order chi connectivity index (χ1) is 8.06. The second-order valence-electron chi connectivity index (χ2n) is 3.59. The van der Waals surface area contributed by atoms with Gasteiger partial charge in [0.05, 0.1) is 16.9 Å². The molecule has 2 aromatic rings. The minimum absolute atomic E-state index is 0.284. The standard InChI is InChI=1S/C12H10Cl2N2O/c1-7-2-3-11(9(13)4-7)17-12-10(14)5-8(15)6-16-12/h2-6H,15H2,1H3. The molecular formula is C12H10Cl2N2O. The average molecular weight is 269 g/mol. The van der Waals surface area contributed by atoms with E-state index in [0.29, 0.717) is 21.5 Å². The summed E-state index contributed by atoms with van der Waals surface area (Å²) >= 11 is 12.0. The second-order valence-corrected chi connectivity index (χ2v) is 4.41. The van der Waals surface area contributed by atoms with Crippen LogP contribution in [-0.4, -0.2) is 4.98 Å². The monoisotopic (exact) mass is 268 g/mol. The minimum Gasteiger partial charge on any atom is -0.436 e. The first-order valence-corrected chi connectivity index (χ1v) is 5.67. The molecule has 0 aliphatic heterocycles. The van der Waals surface area contributed by atoms with E-state index in [1.54, 1.807) is 12.1 Å². The first kappa shape index (κ1) is 12.0. The molecule has 5 heteroatoms. The smallest absolute Gasteiger partial charge is 0.238 e. The topological polar surface area (TPSA) is 48.1 Å². The Hall–Kier alpha value is -1.45. The summed E-state index contributed by atoms with van der Waals surface area (Å²) in [5, 5.41) is 0.862. The molecule has 0 aliphatic carbocycles. The van der Waals surface area contributed by atoms with Gasteiger partial charge in [0.15, 0.2) is 0 Å². The Bertz CT molecular complexity index is 509. The summed E-state index contributed by atoms with van der Waals surface area (Å²) in [4.78, 5) is 4.00. The molecule has 0 saturated carbocycles. The van der Waals surface area contributed by atoms with Gasteiger partial charge < -0.3 is 10.5 Å². The van der Waals surface area contributed by atoms with Gasteiger partial charge in [-0.3, -0.25) is 0 Å².